The van der Waals surface area contributed by atoms with Gasteiger partial charge in [-0.3, -0.25) is 4.79 Å². The first kappa shape index (κ1) is 15.5. The van der Waals surface area contributed by atoms with Gasteiger partial charge in [0.2, 0.25) is 0 Å². The van der Waals surface area contributed by atoms with Crippen LogP contribution in [0, 0.1) is 11.8 Å². The van der Waals surface area contributed by atoms with E-state index in [4.69, 9.17) is 4.74 Å². The SMILES string of the molecule is CCCC[C@H](CC)COC(=O)[C@H](C)CCC. The van der Waals surface area contributed by atoms with Crippen molar-refractivity contribution in [3.8, 4) is 0 Å². The lowest BCUT2D eigenvalue weighted by atomic mass is 10.0. The monoisotopic (exact) mass is 228 g/mol. The normalized spacial score (nSPS) is 14.5. The standard InChI is InChI=1S/C14H28O2/c1-5-8-10-13(7-3)11-16-14(15)12(4)9-6-2/h12-13H,5-11H2,1-4H3/t12-,13+/m1/s1. The molecule has 0 aromatic heterocycles. The minimum absolute atomic E-state index is 0.0169. The third-order valence-corrected chi connectivity index (χ3v) is 3.13. The van der Waals surface area contributed by atoms with Gasteiger partial charge in [-0.05, 0) is 18.8 Å². The van der Waals surface area contributed by atoms with Gasteiger partial charge in [0, 0.05) is 0 Å². The Hall–Kier alpha value is -0.530. The molecular formula is C14H28O2. The van der Waals surface area contributed by atoms with Gasteiger partial charge in [-0.25, -0.2) is 0 Å². The summed E-state index contributed by atoms with van der Waals surface area (Å²) in [5.41, 5.74) is 0. The van der Waals surface area contributed by atoms with Crippen molar-refractivity contribution in [2.45, 2.75) is 66.2 Å². The number of hydrogen-bond acceptors (Lipinski definition) is 2. The van der Waals surface area contributed by atoms with E-state index in [9.17, 15) is 4.79 Å². The fourth-order valence-electron chi connectivity index (χ4n) is 1.79. The first-order chi connectivity index (χ1) is 7.65. The van der Waals surface area contributed by atoms with E-state index in [2.05, 4.69) is 20.8 Å². The van der Waals surface area contributed by atoms with Gasteiger partial charge in [0.25, 0.3) is 0 Å². The molecule has 0 aliphatic rings. The van der Waals surface area contributed by atoms with Gasteiger partial charge in [-0.15, -0.1) is 0 Å². The Morgan fingerprint density at radius 2 is 1.81 bits per heavy atom. The van der Waals surface area contributed by atoms with E-state index in [1.807, 2.05) is 6.92 Å². The van der Waals surface area contributed by atoms with Gasteiger partial charge >= 0.3 is 5.97 Å². The van der Waals surface area contributed by atoms with Crippen molar-refractivity contribution in [1.82, 2.24) is 0 Å². The fourth-order valence-corrected chi connectivity index (χ4v) is 1.79. The van der Waals surface area contributed by atoms with Crippen LogP contribution >= 0.6 is 0 Å². The van der Waals surface area contributed by atoms with Crippen molar-refractivity contribution < 1.29 is 9.53 Å². The second kappa shape index (κ2) is 9.68. The van der Waals surface area contributed by atoms with E-state index in [1.165, 1.54) is 19.3 Å². The Morgan fingerprint density at radius 3 is 2.31 bits per heavy atom. The van der Waals surface area contributed by atoms with Crippen molar-refractivity contribution >= 4 is 5.97 Å². The summed E-state index contributed by atoms with van der Waals surface area (Å²) in [6, 6.07) is 0. The molecule has 2 nitrogen and oxygen atoms in total. The van der Waals surface area contributed by atoms with Crippen LogP contribution in [-0.4, -0.2) is 12.6 Å². The van der Waals surface area contributed by atoms with Crippen molar-refractivity contribution in [1.29, 1.82) is 0 Å². The third-order valence-electron chi connectivity index (χ3n) is 3.13. The Labute approximate surface area is 101 Å². The second-order valence-electron chi connectivity index (χ2n) is 4.74. The molecule has 0 rings (SSSR count). The second-order valence-corrected chi connectivity index (χ2v) is 4.74. The Morgan fingerprint density at radius 1 is 1.12 bits per heavy atom. The number of carbonyl (C=O) groups excluding carboxylic acids is 1. The molecule has 0 aromatic carbocycles. The zero-order chi connectivity index (χ0) is 12.4. The molecule has 0 bridgehead atoms. The van der Waals surface area contributed by atoms with Gasteiger partial charge in [-0.2, -0.15) is 0 Å². The molecule has 2 atom stereocenters. The summed E-state index contributed by atoms with van der Waals surface area (Å²) < 4.78 is 5.37. The molecule has 0 spiro atoms. The highest BCUT2D eigenvalue weighted by Gasteiger charge is 2.15. The van der Waals surface area contributed by atoms with Crippen molar-refractivity contribution in [3.63, 3.8) is 0 Å². The molecule has 0 fully saturated rings. The lowest BCUT2D eigenvalue weighted by Gasteiger charge is -2.16. The highest BCUT2D eigenvalue weighted by Crippen LogP contribution is 2.14. The van der Waals surface area contributed by atoms with Crippen LogP contribution in [0.15, 0.2) is 0 Å². The minimum atomic E-state index is -0.0169. The first-order valence-corrected chi connectivity index (χ1v) is 6.82. The predicted octanol–water partition coefficient (Wildman–Crippen LogP) is 4.18. The average Bonchev–Trinajstić information content (AvgIpc) is 2.29. The van der Waals surface area contributed by atoms with Crippen LogP contribution in [-0.2, 0) is 9.53 Å². The molecule has 96 valence electrons. The van der Waals surface area contributed by atoms with Crippen LogP contribution in [0.4, 0.5) is 0 Å². The quantitative estimate of drug-likeness (QED) is 0.553. The largest absolute Gasteiger partial charge is 0.465 e. The summed E-state index contributed by atoms with van der Waals surface area (Å²) in [4.78, 5) is 11.6. The van der Waals surface area contributed by atoms with E-state index in [-0.39, 0.29) is 11.9 Å². The molecule has 0 saturated heterocycles. The number of ether oxygens (including phenoxy) is 1. The van der Waals surface area contributed by atoms with Gasteiger partial charge in [-0.1, -0.05) is 53.4 Å². The molecule has 0 N–H and O–H groups in total. The molecule has 0 aliphatic carbocycles. The van der Waals surface area contributed by atoms with Crippen LogP contribution in [0.3, 0.4) is 0 Å². The number of unbranched alkanes of at least 4 members (excludes halogenated alkanes) is 1. The average molecular weight is 228 g/mol. The Bertz CT molecular complexity index is 178. The maximum atomic E-state index is 11.6. The maximum absolute atomic E-state index is 11.6. The highest BCUT2D eigenvalue weighted by atomic mass is 16.5. The maximum Gasteiger partial charge on any atom is 0.308 e. The molecule has 16 heavy (non-hydrogen) atoms. The smallest absolute Gasteiger partial charge is 0.308 e. The van der Waals surface area contributed by atoms with Gasteiger partial charge < -0.3 is 4.74 Å². The van der Waals surface area contributed by atoms with Crippen molar-refractivity contribution in [2.24, 2.45) is 11.8 Å². The van der Waals surface area contributed by atoms with Crippen LogP contribution in [0.25, 0.3) is 0 Å². The molecule has 2 heteroatoms. The highest BCUT2D eigenvalue weighted by molar-refractivity contribution is 5.71. The van der Waals surface area contributed by atoms with E-state index >= 15 is 0 Å². The van der Waals surface area contributed by atoms with Gasteiger partial charge in [0.05, 0.1) is 12.5 Å². The zero-order valence-corrected chi connectivity index (χ0v) is 11.4. The van der Waals surface area contributed by atoms with Crippen LogP contribution in [0.2, 0.25) is 0 Å². The van der Waals surface area contributed by atoms with Crippen molar-refractivity contribution in [2.75, 3.05) is 6.61 Å². The molecule has 0 radical (unpaired) electrons. The zero-order valence-electron chi connectivity index (χ0n) is 11.4. The van der Waals surface area contributed by atoms with E-state index in [1.54, 1.807) is 0 Å². The predicted molar refractivity (Wildman–Crippen MR) is 68.3 cm³/mol. The number of carbonyl (C=O) groups is 1. The summed E-state index contributed by atoms with van der Waals surface area (Å²) in [5, 5.41) is 0. The van der Waals surface area contributed by atoms with Crippen LogP contribution in [0.1, 0.15) is 66.2 Å². The van der Waals surface area contributed by atoms with E-state index in [0.717, 1.165) is 19.3 Å². The molecular weight excluding hydrogens is 200 g/mol. The first-order valence-electron chi connectivity index (χ1n) is 6.82. The minimum Gasteiger partial charge on any atom is -0.465 e. The summed E-state index contributed by atoms with van der Waals surface area (Å²) in [6.07, 6.45) is 6.73. The molecule has 0 aliphatic heterocycles. The summed E-state index contributed by atoms with van der Waals surface area (Å²) >= 11 is 0. The molecule has 0 heterocycles. The summed E-state index contributed by atoms with van der Waals surface area (Å²) in [6.45, 7) is 9.04. The third kappa shape index (κ3) is 6.86. The molecule has 0 amide bonds. The van der Waals surface area contributed by atoms with Crippen LogP contribution < -0.4 is 0 Å². The van der Waals surface area contributed by atoms with E-state index in [0.29, 0.717) is 12.5 Å². The Balaban J connectivity index is 3.78. The summed E-state index contributed by atoms with van der Waals surface area (Å²) in [5.74, 6) is 0.600. The van der Waals surface area contributed by atoms with Gasteiger partial charge in [0.15, 0.2) is 0 Å². The topological polar surface area (TPSA) is 26.3 Å². The lowest BCUT2D eigenvalue weighted by molar-refractivity contribution is -0.149. The molecule has 0 saturated carbocycles. The Kier molecular flexibility index (Phi) is 9.36. The molecule has 0 aromatic rings. The van der Waals surface area contributed by atoms with Gasteiger partial charge in [0.1, 0.15) is 0 Å². The van der Waals surface area contributed by atoms with Crippen molar-refractivity contribution in [3.05, 3.63) is 0 Å². The lowest BCUT2D eigenvalue weighted by Crippen LogP contribution is -2.19. The molecule has 0 unspecified atom stereocenters. The number of esters is 1. The summed E-state index contributed by atoms with van der Waals surface area (Å²) in [7, 11) is 0. The van der Waals surface area contributed by atoms with E-state index < -0.39 is 0 Å². The number of hydrogen-bond donors (Lipinski definition) is 0. The fraction of sp³-hybridized carbons (Fsp3) is 0.929. The number of rotatable bonds is 9. The van der Waals surface area contributed by atoms with Crippen LogP contribution in [0.5, 0.6) is 0 Å².